The van der Waals surface area contributed by atoms with Crippen molar-refractivity contribution in [1.29, 1.82) is 0 Å². The fraction of sp³-hybridized carbons (Fsp3) is 0.565. The second-order valence-electron chi connectivity index (χ2n) is 8.39. The molecular weight excluding hydrogens is 409 g/mol. The first-order valence-corrected chi connectivity index (χ1v) is 11.2. The summed E-state index contributed by atoms with van der Waals surface area (Å²) in [5.74, 6) is -0.293. The van der Waals surface area contributed by atoms with Crippen LogP contribution in [-0.4, -0.2) is 75.8 Å². The lowest BCUT2D eigenvalue weighted by atomic mass is 10.2. The molecule has 1 atom stereocenters. The molecule has 1 aromatic heterocycles. The van der Waals surface area contributed by atoms with Gasteiger partial charge in [-0.1, -0.05) is 0 Å². The van der Waals surface area contributed by atoms with Gasteiger partial charge in [-0.3, -0.25) is 4.99 Å². The van der Waals surface area contributed by atoms with Crippen LogP contribution in [0.1, 0.15) is 37.6 Å². The van der Waals surface area contributed by atoms with Crippen molar-refractivity contribution in [2.24, 2.45) is 4.99 Å². The van der Waals surface area contributed by atoms with Crippen molar-refractivity contribution < 1.29 is 9.13 Å². The molecule has 1 aromatic carbocycles. The van der Waals surface area contributed by atoms with E-state index in [2.05, 4.69) is 25.6 Å². The second kappa shape index (κ2) is 11.3. The Labute approximate surface area is 190 Å². The van der Waals surface area contributed by atoms with Gasteiger partial charge in [0.2, 0.25) is 0 Å². The average molecular weight is 446 g/mol. The minimum atomic E-state index is -0.293. The molecule has 9 heteroatoms. The van der Waals surface area contributed by atoms with Gasteiger partial charge in [-0.05, 0) is 52.4 Å². The van der Waals surface area contributed by atoms with E-state index in [1.807, 2.05) is 57.1 Å². The zero-order valence-corrected chi connectivity index (χ0v) is 19.9. The molecule has 2 aromatic rings. The van der Waals surface area contributed by atoms with Gasteiger partial charge in [0, 0.05) is 40.4 Å². The summed E-state index contributed by atoms with van der Waals surface area (Å²) >= 11 is 0. The third kappa shape index (κ3) is 5.98. The number of nitrogens with one attached hydrogen (secondary N) is 2. The van der Waals surface area contributed by atoms with E-state index in [-0.39, 0.29) is 12.0 Å². The van der Waals surface area contributed by atoms with E-state index in [0.29, 0.717) is 17.1 Å². The smallest absolute Gasteiger partial charge is 0.150 e. The van der Waals surface area contributed by atoms with Gasteiger partial charge in [0.25, 0.3) is 0 Å². The minimum Gasteiger partial charge on any atom is -0.386 e. The van der Waals surface area contributed by atoms with Gasteiger partial charge in [-0.2, -0.15) is 5.10 Å². The number of benzene rings is 1. The maximum Gasteiger partial charge on any atom is 0.150 e. The number of hydrogen-bond acceptors (Lipinski definition) is 7. The monoisotopic (exact) mass is 445 g/mol. The van der Waals surface area contributed by atoms with E-state index in [0.717, 1.165) is 56.8 Å². The van der Waals surface area contributed by atoms with E-state index in [4.69, 9.17) is 4.74 Å². The number of hydrogen-bond donors (Lipinski definition) is 2. The van der Waals surface area contributed by atoms with Gasteiger partial charge in [0.05, 0.1) is 35.2 Å². The fourth-order valence-electron chi connectivity index (χ4n) is 3.80. The Morgan fingerprint density at radius 1 is 1.19 bits per heavy atom. The molecule has 32 heavy (non-hydrogen) atoms. The van der Waals surface area contributed by atoms with Crippen molar-refractivity contribution >= 4 is 29.0 Å². The van der Waals surface area contributed by atoms with E-state index >= 15 is 0 Å². The predicted molar refractivity (Wildman–Crippen MR) is 130 cm³/mol. The zero-order chi connectivity index (χ0) is 23.1. The standard InChI is InChI=1S/C23H36FN7O/c1-25-18-14-22(30(5)11-8-10-29(3)4)17(24)13-19(18)27-15-20-21(26-2)16-31(28-20)23-9-6-7-12-32-23/h13-16,23,25-26H,6-12H2,1-5H3. The highest BCUT2D eigenvalue weighted by atomic mass is 19.1. The summed E-state index contributed by atoms with van der Waals surface area (Å²) in [6, 6.07) is 3.28. The molecule has 0 amide bonds. The van der Waals surface area contributed by atoms with Crippen LogP contribution in [0, 0.1) is 5.82 Å². The van der Waals surface area contributed by atoms with Gasteiger partial charge in [0.1, 0.15) is 17.7 Å². The third-order valence-electron chi connectivity index (χ3n) is 5.65. The SMILES string of the molecule is CNc1cc(N(C)CCCN(C)C)c(F)cc1N=Cc1nn(C2CCCCO2)cc1NC. The van der Waals surface area contributed by atoms with E-state index in [1.165, 1.54) is 6.07 Å². The first kappa shape index (κ1) is 24.0. The molecular formula is C23H36FN7O. The second-order valence-corrected chi connectivity index (χ2v) is 8.39. The molecule has 0 radical (unpaired) electrons. The molecule has 0 bridgehead atoms. The summed E-state index contributed by atoms with van der Waals surface area (Å²) < 4.78 is 22.6. The van der Waals surface area contributed by atoms with Crippen LogP contribution in [0.15, 0.2) is 23.3 Å². The highest BCUT2D eigenvalue weighted by molar-refractivity contribution is 5.88. The quantitative estimate of drug-likeness (QED) is 0.540. The normalized spacial score (nSPS) is 16.7. The minimum absolute atomic E-state index is 0.0503. The molecule has 2 heterocycles. The lowest BCUT2D eigenvalue weighted by Crippen LogP contribution is -2.24. The summed E-state index contributed by atoms with van der Waals surface area (Å²) in [7, 11) is 9.65. The van der Waals surface area contributed by atoms with Crippen LogP contribution in [0.4, 0.5) is 27.1 Å². The van der Waals surface area contributed by atoms with Crippen molar-refractivity contribution in [2.45, 2.75) is 31.9 Å². The summed E-state index contributed by atoms with van der Waals surface area (Å²) in [4.78, 5) is 8.62. The molecule has 1 unspecified atom stereocenters. The Bertz CT molecular complexity index is 906. The van der Waals surface area contributed by atoms with Crippen LogP contribution < -0.4 is 15.5 Å². The van der Waals surface area contributed by atoms with Crippen LogP contribution in [-0.2, 0) is 4.74 Å². The summed E-state index contributed by atoms with van der Waals surface area (Å²) in [6.45, 7) is 2.48. The highest BCUT2D eigenvalue weighted by Gasteiger charge is 2.19. The molecule has 8 nitrogen and oxygen atoms in total. The van der Waals surface area contributed by atoms with Crippen molar-refractivity contribution in [3.8, 4) is 0 Å². The van der Waals surface area contributed by atoms with E-state index in [9.17, 15) is 4.39 Å². The summed E-state index contributed by atoms with van der Waals surface area (Å²) in [5.41, 5.74) is 3.39. The molecule has 1 aliphatic heterocycles. The van der Waals surface area contributed by atoms with Crippen LogP contribution in [0.3, 0.4) is 0 Å². The van der Waals surface area contributed by atoms with Crippen molar-refractivity contribution in [2.75, 3.05) is 70.5 Å². The number of rotatable bonds is 10. The van der Waals surface area contributed by atoms with Gasteiger partial charge >= 0.3 is 0 Å². The van der Waals surface area contributed by atoms with Crippen molar-refractivity contribution in [3.05, 3.63) is 29.8 Å². The van der Waals surface area contributed by atoms with Crippen LogP contribution in [0.25, 0.3) is 0 Å². The van der Waals surface area contributed by atoms with Gasteiger partial charge in [0.15, 0.2) is 0 Å². The topological polar surface area (TPSA) is 70.0 Å². The molecule has 2 N–H and O–H groups in total. The molecule has 0 saturated carbocycles. The fourth-order valence-corrected chi connectivity index (χ4v) is 3.80. The van der Waals surface area contributed by atoms with Crippen LogP contribution in [0.5, 0.6) is 0 Å². The lowest BCUT2D eigenvalue weighted by Gasteiger charge is -2.22. The van der Waals surface area contributed by atoms with Gasteiger partial charge < -0.3 is 25.2 Å². The first-order chi connectivity index (χ1) is 15.4. The van der Waals surface area contributed by atoms with E-state index in [1.54, 1.807) is 6.21 Å². The maximum atomic E-state index is 14.9. The number of aliphatic imine (C=N–C) groups is 1. The molecule has 0 spiro atoms. The van der Waals surface area contributed by atoms with Crippen molar-refractivity contribution in [1.82, 2.24) is 14.7 Å². The Morgan fingerprint density at radius 3 is 2.62 bits per heavy atom. The number of ether oxygens (including phenoxy) is 1. The highest BCUT2D eigenvalue weighted by Crippen LogP contribution is 2.33. The lowest BCUT2D eigenvalue weighted by molar-refractivity contribution is -0.0394. The number of aromatic nitrogens is 2. The predicted octanol–water partition coefficient (Wildman–Crippen LogP) is 3.94. The third-order valence-corrected chi connectivity index (χ3v) is 5.65. The van der Waals surface area contributed by atoms with Crippen LogP contribution >= 0.6 is 0 Å². The molecule has 1 saturated heterocycles. The molecule has 176 valence electrons. The van der Waals surface area contributed by atoms with Gasteiger partial charge in [-0.15, -0.1) is 0 Å². The summed E-state index contributed by atoms with van der Waals surface area (Å²) in [6.07, 6.45) is 7.67. The maximum absolute atomic E-state index is 14.9. The van der Waals surface area contributed by atoms with Gasteiger partial charge in [-0.25, -0.2) is 9.07 Å². The first-order valence-electron chi connectivity index (χ1n) is 11.2. The summed E-state index contributed by atoms with van der Waals surface area (Å²) in [5, 5.41) is 10.9. The number of anilines is 3. The largest absolute Gasteiger partial charge is 0.386 e. The number of halogens is 1. The molecule has 1 fully saturated rings. The van der Waals surface area contributed by atoms with Crippen LogP contribution in [0.2, 0.25) is 0 Å². The average Bonchev–Trinajstić information content (AvgIpc) is 3.21. The molecule has 0 aliphatic carbocycles. The zero-order valence-electron chi connectivity index (χ0n) is 19.9. The van der Waals surface area contributed by atoms with Crippen molar-refractivity contribution in [3.63, 3.8) is 0 Å². The Hall–Kier alpha value is -2.65. The number of nitrogens with zero attached hydrogens (tertiary/aromatic N) is 5. The molecule has 3 rings (SSSR count). The molecule has 1 aliphatic rings. The Morgan fingerprint density at radius 2 is 1.97 bits per heavy atom. The Kier molecular flexibility index (Phi) is 8.46. The van der Waals surface area contributed by atoms with E-state index < -0.39 is 0 Å². The Balaban J connectivity index is 1.79.